The second-order valence-electron chi connectivity index (χ2n) is 6.87. The van der Waals surface area contributed by atoms with Crippen LogP contribution in [-0.4, -0.2) is 67.2 Å². The van der Waals surface area contributed by atoms with Crippen molar-refractivity contribution in [1.29, 1.82) is 0 Å². The van der Waals surface area contributed by atoms with E-state index in [1.807, 2.05) is 0 Å². The number of unbranched alkanes of at least 4 members (excludes halogenated alkanes) is 2. The monoisotopic (exact) mass is 438 g/mol. The molecule has 0 aromatic rings. The molecule has 178 valence electrons. The van der Waals surface area contributed by atoms with Crippen molar-refractivity contribution in [3.63, 3.8) is 0 Å². The van der Waals surface area contributed by atoms with E-state index in [0.717, 1.165) is 19.3 Å². The summed E-state index contributed by atoms with van der Waals surface area (Å²) in [5.74, 6) is -3.10. The van der Waals surface area contributed by atoms with Gasteiger partial charge in [-0.25, -0.2) is 0 Å². The van der Waals surface area contributed by atoms with Gasteiger partial charge in [0.05, 0.1) is 6.10 Å². The van der Waals surface area contributed by atoms with Crippen molar-refractivity contribution >= 4 is 23.9 Å². The van der Waals surface area contributed by atoms with Crippen molar-refractivity contribution in [2.75, 3.05) is 6.61 Å². The standard InChI is InChI=1S/C8H18O2.2C6H10O4/c1-3-8(6-9)5-4-7(2)10;2*7-5(8)3-1-2-4-6(9)10/h7-10H,3-6H2,1-2H3;2*1-4H2,(H,7,8)(H,9,10). The molecule has 6 N–H and O–H groups in total. The molecule has 0 aromatic heterocycles. The first-order valence-electron chi connectivity index (χ1n) is 10.1. The molecule has 0 radical (unpaired) electrons. The zero-order valence-corrected chi connectivity index (χ0v) is 18.0. The van der Waals surface area contributed by atoms with Gasteiger partial charge in [-0.15, -0.1) is 0 Å². The lowest BCUT2D eigenvalue weighted by atomic mass is 10.00. The number of hydrogen-bond acceptors (Lipinski definition) is 6. The minimum absolute atomic E-state index is 0.0628. The van der Waals surface area contributed by atoms with Crippen LogP contribution in [0, 0.1) is 5.92 Å². The number of hydrogen-bond donors (Lipinski definition) is 6. The molecule has 2 atom stereocenters. The van der Waals surface area contributed by atoms with Crippen LogP contribution in [0.2, 0.25) is 0 Å². The quantitative estimate of drug-likeness (QED) is 0.207. The lowest BCUT2D eigenvalue weighted by Gasteiger charge is -2.11. The van der Waals surface area contributed by atoms with Crippen LogP contribution in [0.4, 0.5) is 0 Å². The second-order valence-corrected chi connectivity index (χ2v) is 6.87. The highest BCUT2D eigenvalue weighted by atomic mass is 16.4. The molecule has 10 heteroatoms. The van der Waals surface area contributed by atoms with E-state index < -0.39 is 23.9 Å². The van der Waals surface area contributed by atoms with Crippen molar-refractivity contribution in [2.45, 2.75) is 90.6 Å². The molecule has 0 aromatic carbocycles. The van der Waals surface area contributed by atoms with E-state index in [1.165, 1.54) is 0 Å². The van der Waals surface area contributed by atoms with E-state index in [9.17, 15) is 19.2 Å². The highest BCUT2D eigenvalue weighted by Crippen LogP contribution is 2.11. The summed E-state index contributed by atoms with van der Waals surface area (Å²) in [5.41, 5.74) is 0. The number of carboxylic acids is 4. The molecule has 0 amide bonds. The Morgan fingerprint density at radius 1 is 0.667 bits per heavy atom. The first kappa shape index (κ1) is 32.5. The zero-order valence-electron chi connectivity index (χ0n) is 18.0. The Hall–Kier alpha value is -2.20. The van der Waals surface area contributed by atoms with Crippen LogP contribution in [0.3, 0.4) is 0 Å². The van der Waals surface area contributed by atoms with Gasteiger partial charge in [-0.3, -0.25) is 19.2 Å². The van der Waals surface area contributed by atoms with Crippen LogP contribution < -0.4 is 0 Å². The third-order valence-electron chi connectivity index (χ3n) is 3.89. The Balaban J connectivity index is -0.000000364. The largest absolute Gasteiger partial charge is 0.481 e. The van der Waals surface area contributed by atoms with E-state index in [2.05, 4.69) is 6.92 Å². The highest BCUT2D eigenvalue weighted by molar-refractivity contribution is 5.68. The predicted molar refractivity (Wildman–Crippen MR) is 109 cm³/mol. The summed E-state index contributed by atoms with van der Waals surface area (Å²) in [5, 5.41) is 50.2. The number of carboxylic acid groups (broad SMARTS) is 4. The lowest BCUT2D eigenvalue weighted by Crippen LogP contribution is -2.08. The summed E-state index contributed by atoms with van der Waals surface area (Å²) in [6.45, 7) is 4.09. The van der Waals surface area contributed by atoms with Gasteiger partial charge in [-0.1, -0.05) is 13.3 Å². The maximum Gasteiger partial charge on any atom is 0.303 e. The summed E-state index contributed by atoms with van der Waals surface area (Å²) >= 11 is 0. The normalized spacial score (nSPS) is 11.7. The Morgan fingerprint density at radius 2 is 0.967 bits per heavy atom. The van der Waals surface area contributed by atoms with Crippen molar-refractivity contribution in [1.82, 2.24) is 0 Å². The molecule has 0 saturated carbocycles. The predicted octanol–water partition coefficient (Wildman–Crippen LogP) is 2.60. The minimum atomic E-state index is -0.870. The van der Waals surface area contributed by atoms with Gasteiger partial charge < -0.3 is 30.6 Å². The smallest absolute Gasteiger partial charge is 0.303 e. The maximum atomic E-state index is 9.90. The number of aliphatic hydroxyl groups is 2. The lowest BCUT2D eigenvalue weighted by molar-refractivity contribution is -0.139. The average Bonchev–Trinajstić information content (AvgIpc) is 2.63. The molecule has 0 bridgehead atoms. The Bertz CT molecular complexity index is 395. The van der Waals surface area contributed by atoms with Gasteiger partial charge in [0.25, 0.3) is 0 Å². The van der Waals surface area contributed by atoms with Crippen LogP contribution in [0.25, 0.3) is 0 Å². The van der Waals surface area contributed by atoms with Gasteiger partial charge in [0.2, 0.25) is 0 Å². The van der Waals surface area contributed by atoms with Gasteiger partial charge in [0.15, 0.2) is 0 Å². The molecule has 30 heavy (non-hydrogen) atoms. The average molecular weight is 439 g/mol. The highest BCUT2D eigenvalue weighted by Gasteiger charge is 2.05. The Labute approximate surface area is 177 Å². The van der Waals surface area contributed by atoms with Crippen LogP contribution in [-0.2, 0) is 19.2 Å². The fourth-order valence-corrected chi connectivity index (χ4v) is 2.01. The molecule has 0 aliphatic heterocycles. The summed E-state index contributed by atoms with van der Waals surface area (Å²) in [6, 6.07) is 0. The third kappa shape index (κ3) is 36.7. The maximum absolute atomic E-state index is 9.90. The number of aliphatic carboxylic acids is 4. The Morgan fingerprint density at radius 3 is 1.13 bits per heavy atom. The fraction of sp³-hybridized carbons (Fsp3) is 0.800. The second kappa shape index (κ2) is 23.1. The van der Waals surface area contributed by atoms with Gasteiger partial charge in [-0.05, 0) is 51.4 Å². The summed E-state index contributed by atoms with van der Waals surface area (Å²) in [4.78, 5) is 39.6. The van der Waals surface area contributed by atoms with E-state index in [4.69, 9.17) is 30.6 Å². The van der Waals surface area contributed by atoms with Gasteiger partial charge in [0, 0.05) is 32.3 Å². The SMILES string of the molecule is CCC(CO)CCC(C)O.O=C(O)CCCCC(=O)O.O=C(O)CCCCC(=O)O. The summed E-state index contributed by atoms with van der Waals surface area (Å²) in [7, 11) is 0. The molecule has 2 unspecified atom stereocenters. The topological polar surface area (TPSA) is 190 Å². The molecule has 0 fully saturated rings. The first-order chi connectivity index (χ1) is 14.0. The van der Waals surface area contributed by atoms with Crippen molar-refractivity contribution in [3.05, 3.63) is 0 Å². The van der Waals surface area contributed by atoms with Gasteiger partial charge >= 0.3 is 23.9 Å². The summed E-state index contributed by atoms with van der Waals surface area (Å²) in [6.07, 6.45) is 4.56. The van der Waals surface area contributed by atoms with E-state index in [-0.39, 0.29) is 38.4 Å². The molecule has 0 rings (SSSR count). The van der Waals surface area contributed by atoms with Crippen molar-refractivity contribution in [2.24, 2.45) is 5.92 Å². The zero-order chi connectivity index (χ0) is 23.9. The molecule has 10 nitrogen and oxygen atoms in total. The molecular weight excluding hydrogens is 400 g/mol. The van der Waals surface area contributed by atoms with Crippen LogP contribution >= 0.6 is 0 Å². The van der Waals surface area contributed by atoms with Crippen LogP contribution in [0.1, 0.15) is 84.5 Å². The van der Waals surface area contributed by atoms with Gasteiger partial charge in [-0.2, -0.15) is 0 Å². The first-order valence-corrected chi connectivity index (χ1v) is 10.1. The molecule has 0 aliphatic carbocycles. The van der Waals surface area contributed by atoms with Crippen LogP contribution in [0.5, 0.6) is 0 Å². The molecule has 0 heterocycles. The van der Waals surface area contributed by atoms with E-state index >= 15 is 0 Å². The molecule has 0 spiro atoms. The number of carbonyl (C=O) groups is 4. The summed E-state index contributed by atoms with van der Waals surface area (Å²) < 4.78 is 0. The fourth-order valence-electron chi connectivity index (χ4n) is 2.01. The van der Waals surface area contributed by atoms with E-state index in [0.29, 0.717) is 31.6 Å². The minimum Gasteiger partial charge on any atom is -0.481 e. The molecule has 0 aliphatic rings. The molecular formula is C20H38O10. The van der Waals surface area contributed by atoms with Gasteiger partial charge in [0.1, 0.15) is 0 Å². The third-order valence-corrected chi connectivity index (χ3v) is 3.89. The van der Waals surface area contributed by atoms with Crippen LogP contribution in [0.15, 0.2) is 0 Å². The van der Waals surface area contributed by atoms with Crippen molar-refractivity contribution in [3.8, 4) is 0 Å². The number of rotatable bonds is 15. The van der Waals surface area contributed by atoms with E-state index in [1.54, 1.807) is 6.92 Å². The Kier molecular flexibility index (Phi) is 25.0. The molecule has 0 saturated heterocycles. The number of aliphatic hydroxyl groups excluding tert-OH is 2. The van der Waals surface area contributed by atoms with Crippen molar-refractivity contribution < 1.29 is 49.8 Å².